The molecule has 0 N–H and O–H groups in total. The summed E-state index contributed by atoms with van der Waals surface area (Å²) in [4.78, 5) is 0. The topological polar surface area (TPSA) is 0 Å². The van der Waals surface area contributed by atoms with Gasteiger partial charge >= 0.3 is 124 Å². The molecule has 166 valence electrons. The van der Waals surface area contributed by atoms with E-state index < -0.39 is 29.9 Å². The van der Waals surface area contributed by atoms with Crippen molar-refractivity contribution in [1.82, 2.24) is 0 Å². The minimum absolute atomic E-state index is 0.548. The minimum atomic E-state index is -2.51. The Morgan fingerprint density at radius 2 is 0.969 bits per heavy atom. The molecular weight excluding hydrogens is 527 g/mol. The predicted molar refractivity (Wildman–Crippen MR) is 141 cm³/mol. The SMILES string of the molecule is CC1=CC(C)=[C]([Zr][C]2=C(C)C=C(C)C2C)C1C.Cl[Si](Cl)(c1ccccc1)c1ccccc1. The van der Waals surface area contributed by atoms with Crippen molar-refractivity contribution in [2.24, 2.45) is 11.8 Å². The molecule has 2 aliphatic rings. The summed E-state index contributed by atoms with van der Waals surface area (Å²) in [6.45, 7) is 11.4. The quantitative estimate of drug-likeness (QED) is 0.269. The van der Waals surface area contributed by atoms with Gasteiger partial charge in [0.05, 0.1) is 0 Å². The van der Waals surface area contributed by atoms with Gasteiger partial charge in [-0.2, -0.15) is 0 Å². The zero-order valence-corrected chi connectivity index (χ0v) is 24.8. The Hall–Kier alpha value is -0.920. The van der Waals surface area contributed by atoms with Gasteiger partial charge in [-0.05, 0) is 10.4 Å². The normalized spacial score (nSPS) is 20.6. The molecule has 0 heterocycles. The number of hydrogen-bond acceptors (Lipinski definition) is 0. The second kappa shape index (κ2) is 11.0. The van der Waals surface area contributed by atoms with Crippen molar-refractivity contribution in [3.05, 3.63) is 102 Å². The third kappa shape index (κ3) is 5.76. The first-order valence-corrected chi connectivity index (χ1v) is 17.6. The van der Waals surface area contributed by atoms with E-state index in [2.05, 4.69) is 53.7 Å². The second-order valence-electron chi connectivity index (χ2n) is 8.84. The third-order valence-corrected chi connectivity index (χ3v) is 16.6. The number of halogens is 2. The van der Waals surface area contributed by atoms with Crippen LogP contribution in [0.1, 0.15) is 41.5 Å². The average molecular weight is 559 g/mol. The van der Waals surface area contributed by atoms with E-state index >= 15 is 0 Å². The average Bonchev–Trinajstić information content (AvgIpc) is 3.18. The van der Waals surface area contributed by atoms with Crippen molar-refractivity contribution in [2.75, 3.05) is 0 Å². The van der Waals surface area contributed by atoms with E-state index in [-0.39, 0.29) is 0 Å². The Bertz CT molecular complexity index is 993. The van der Waals surface area contributed by atoms with Crippen LogP contribution in [0.5, 0.6) is 0 Å². The van der Waals surface area contributed by atoms with Crippen LogP contribution in [0, 0.1) is 11.8 Å². The molecule has 0 saturated heterocycles. The van der Waals surface area contributed by atoms with E-state index in [4.69, 9.17) is 22.2 Å². The van der Waals surface area contributed by atoms with Gasteiger partial charge in [-0.15, -0.1) is 22.2 Å². The van der Waals surface area contributed by atoms with E-state index in [9.17, 15) is 0 Å². The molecule has 4 rings (SSSR count). The van der Waals surface area contributed by atoms with Gasteiger partial charge in [-0.1, -0.05) is 60.7 Å². The van der Waals surface area contributed by atoms with Gasteiger partial charge in [0.15, 0.2) is 0 Å². The molecule has 0 saturated carbocycles. The fourth-order valence-corrected chi connectivity index (χ4v) is 11.5. The Morgan fingerprint density at radius 1 is 0.625 bits per heavy atom. The summed E-state index contributed by atoms with van der Waals surface area (Å²) >= 11 is 12.4. The fourth-order valence-electron chi connectivity index (χ4n) is 4.25. The van der Waals surface area contributed by atoms with E-state index in [0.29, 0.717) is 0 Å². The summed E-state index contributed by atoms with van der Waals surface area (Å²) in [5, 5.41) is 2.05. The first-order valence-electron chi connectivity index (χ1n) is 11.2. The maximum atomic E-state index is 6.49. The van der Waals surface area contributed by atoms with E-state index in [1.54, 1.807) is 28.9 Å². The predicted octanol–water partition coefficient (Wildman–Crippen LogP) is 7.53. The standard InChI is InChI=1S/C12H10Cl2Si.2C8H11.Zr/c13-15(14,11-7-3-1-4-8-11)12-9-5-2-6-10-12;2*1-6-4-7(2)8(3)5-6;/h1-10H;2*4,8H,1-3H3;. The van der Waals surface area contributed by atoms with Crippen LogP contribution in [0.4, 0.5) is 0 Å². The maximum absolute atomic E-state index is 6.49. The molecule has 2 aliphatic carbocycles. The van der Waals surface area contributed by atoms with Crippen molar-refractivity contribution in [3.63, 3.8) is 0 Å². The summed E-state index contributed by atoms with van der Waals surface area (Å²) in [7, 11) is 0. The molecule has 0 fully saturated rings. The first kappa shape index (κ1) is 25.7. The summed E-state index contributed by atoms with van der Waals surface area (Å²) in [6.07, 6.45) is 4.80. The largest absolute Gasteiger partial charge is 0.310 e. The van der Waals surface area contributed by atoms with Gasteiger partial charge in [-0.3, -0.25) is 0 Å². The van der Waals surface area contributed by atoms with Crippen LogP contribution < -0.4 is 10.4 Å². The molecule has 0 aliphatic heterocycles. The summed E-state index contributed by atoms with van der Waals surface area (Å²) in [5.41, 5.74) is 6.26. The van der Waals surface area contributed by atoms with Crippen LogP contribution in [0.25, 0.3) is 0 Å². The van der Waals surface area contributed by atoms with E-state index in [1.165, 1.54) is 0 Å². The second-order valence-corrected chi connectivity index (χ2v) is 18.4. The van der Waals surface area contributed by atoms with Gasteiger partial charge < -0.3 is 0 Å². The Morgan fingerprint density at radius 3 is 1.25 bits per heavy atom. The number of hydrogen-bond donors (Lipinski definition) is 0. The van der Waals surface area contributed by atoms with Crippen molar-refractivity contribution in [2.45, 2.75) is 41.5 Å². The van der Waals surface area contributed by atoms with Crippen molar-refractivity contribution in [1.29, 1.82) is 0 Å². The van der Waals surface area contributed by atoms with Crippen LogP contribution >= 0.6 is 22.2 Å². The number of allylic oxidation sites excluding steroid dienone is 8. The molecule has 2 unspecified atom stereocenters. The molecule has 0 aromatic heterocycles. The molecule has 0 nitrogen and oxygen atoms in total. The monoisotopic (exact) mass is 556 g/mol. The first-order chi connectivity index (χ1) is 15.1. The van der Waals surface area contributed by atoms with Gasteiger partial charge in [0.25, 0.3) is 0 Å². The van der Waals surface area contributed by atoms with Gasteiger partial charge in [0.2, 0.25) is 0 Å². The molecule has 2 atom stereocenters. The maximum Gasteiger partial charge on any atom is 0.310 e. The Labute approximate surface area is 216 Å². The van der Waals surface area contributed by atoms with Gasteiger partial charge in [0, 0.05) is 0 Å². The van der Waals surface area contributed by atoms with Crippen LogP contribution in [-0.4, -0.2) is 6.69 Å². The summed E-state index contributed by atoms with van der Waals surface area (Å²) in [5.74, 6) is 1.44. The van der Waals surface area contributed by atoms with E-state index in [1.807, 2.05) is 60.7 Å². The molecule has 4 heteroatoms. The van der Waals surface area contributed by atoms with Crippen LogP contribution in [0.15, 0.2) is 102 Å². The Balaban J connectivity index is 0.000000182. The molecule has 0 bridgehead atoms. The molecule has 0 radical (unpaired) electrons. The van der Waals surface area contributed by atoms with Crippen molar-refractivity contribution < 1.29 is 23.2 Å². The molecule has 0 amide bonds. The van der Waals surface area contributed by atoms with Crippen LogP contribution in [-0.2, 0) is 23.2 Å². The van der Waals surface area contributed by atoms with Gasteiger partial charge in [0.1, 0.15) is 0 Å². The third-order valence-electron chi connectivity index (χ3n) is 6.51. The van der Waals surface area contributed by atoms with Crippen molar-refractivity contribution in [3.8, 4) is 0 Å². The molecule has 2 aromatic rings. The Kier molecular flexibility index (Phi) is 8.84. The summed E-state index contributed by atoms with van der Waals surface area (Å²) in [6, 6.07) is 19.7. The minimum Gasteiger partial charge on any atom is -0.134 e. The fraction of sp³-hybridized carbons (Fsp3) is 0.286. The molecule has 2 aromatic carbocycles. The molecule has 32 heavy (non-hydrogen) atoms. The van der Waals surface area contributed by atoms with Gasteiger partial charge in [-0.25, -0.2) is 0 Å². The number of benzene rings is 2. The van der Waals surface area contributed by atoms with E-state index in [0.717, 1.165) is 22.2 Å². The molecular formula is C28H32Cl2SiZr. The zero-order chi connectivity index (χ0) is 23.5. The smallest absolute Gasteiger partial charge is 0.134 e. The molecule has 0 spiro atoms. The van der Waals surface area contributed by atoms with Crippen LogP contribution in [0.2, 0.25) is 0 Å². The summed E-state index contributed by atoms with van der Waals surface area (Å²) < 4.78 is 3.60. The zero-order valence-electron chi connectivity index (χ0n) is 19.8. The van der Waals surface area contributed by atoms with Crippen LogP contribution in [0.3, 0.4) is 0 Å². The number of rotatable bonds is 4. The van der Waals surface area contributed by atoms with Crippen molar-refractivity contribution >= 4 is 39.2 Å².